The summed E-state index contributed by atoms with van der Waals surface area (Å²) in [6, 6.07) is 3.69. The second kappa shape index (κ2) is 9.34. The molecule has 35 heavy (non-hydrogen) atoms. The van der Waals surface area contributed by atoms with Crippen molar-refractivity contribution in [1.82, 2.24) is 23.8 Å². The molecule has 2 N–H and O–H groups in total. The number of hydrogen-bond donors (Lipinski definition) is 2. The Hall–Kier alpha value is -3.98. The topological polar surface area (TPSA) is 102 Å². The van der Waals surface area contributed by atoms with Crippen LogP contribution in [-0.4, -0.2) is 44.9 Å². The summed E-state index contributed by atoms with van der Waals surface area (Å²) in [6.07, 6.45) is 13.3. The molecule has 180 valence electrons. The minimum absolute atomic E-state index is 0.166. The van der Waals surface area contributed by atoms with Crippen LogP contribution < -0.4 is 21.8 Å². The van der Waals surface area contributed by atoms with Gasteiger partial charge in [0.15, 0.2) is 6.29 Å². The Labute approximate surface area is 202 Å². The predicted octanol–water partition coefficient (Wildman–Crippen LogP) is 2.17. The first-order valence-corrected chi connectivity index (χ1v) is 11.8. The molecule has 0 aromatic carbocycles. The van der Waals surface area contributed by atoms with E-state index in [9.17, 15) is 14.4 Å². The summed E-state index contributed by atoms with van der Waals surface area (Å²) < 4.78 is 4.93. The zero-order chi connectivity index (χ0) is 24.5. The van der Waals surface area contributed by atoms with E-state index in [2.05, 4.69) is 15.6 Å². The van der Waals surface area contributed by atoms with Gasteiger partial charge in [0.25, 0.3) is 11.1 Å². The number of fused-ring (bicyclic) bond motifs is 3. The molecule has 0 saturated heterocycles. The monoisotopic (exact) mass is 472 g/mol. The summed E-state index contributed by atoms with van der Waals surface area (Å²) in [5.41, 5.74) is 5.02. The fourth-order valence-electron chi connectivity index (χ4n) is 4.89. The molecule has 4 heterocycles. The van der Waals surface area contributed by atoms with Crippen LogP contribution in [0.1, 0.15) is 34.5 Å². The van der Waals surface area contributed by atoms with Gasteiger partial charge in [-0.1, -0.05) is 0 Å². The molecule has 0 radical (unpaired) electrons. The highest BCUT2D eigenvalue weighted by molar-refractivity contribution is 5.92. The lowest BCUT2D eigenvalue weighted by atomic mass is 9.98. The third-order valence-corrected chi connectivity index (χ3v) is 6.67. The fraction of sp³-hybridized carbons (Fsp3) is 0.308. The summed E-state index contributed by atoms with van der Waals surface area (Å²) in [7, 11) is 3.51. The Morgan fingerprint density at radius 2 is 1.89 bits per heavy atom. The fourth-order valence-corrected chi connectivity index (χ4v) is 4.89. The van der Waals surface area contributed by atoms with Gasteiger partial charge in [-0.05, 0) is 50.4 Å². The number of nitrogens with one attached hydrogen (secondary N) is 2. The Balaban J connectivity index is 1.64. The smallest absolute Gasteiger partial charge is 0.279 e. The molecule has 0 spiro atoms. The number of anilines is 1. The molecule has 5 rings (SSSR count). The van der Waals surface area contributed by atoms with Crippen molar-refractivity contribution < 1.29 is 4.79 Å². The van der Waals surface area contributed by atoms with Gasteiger partial charge in [-0.25, -0.2) is 0 Å². The number of rotatable bonds is 7. The highest BCUT2D eigenvalue weighted by Crippen LogP contribution is 2.28. The van der Waals surface area contributed by atoms with Gasteiger partial charge < -0.3 is 19.6 Å². The number of aldehydes is 1. The van der Waals surface area contributed by atoms with E-state index >= 15 is 0 Å². The molecule has 0 atom stereocenters. The second-order valence-electron chi connectivity index (χ2n) is 8.88. The van der Waals surface area contributed by atoms with Crippen LogP contribution >= 0.6 is 0 Å². The lowest BCUT2D eigenvalue weighted by molar-refractivity contribution is 0.112. The van der Waals surface area contributed by atoms with E-state index in [-0.39, 0.29) is 11.1 Å². The first-order chi connectivity index (χ1) is 17.0. The number of carbonyl (C=O) groups excluding carboxylic acids is 1. The van der Waals surface area contributed by atoms with Crippen molar-refractivity contribution in [1.29, 1.82) is 0 Å². The van der Waals surface area contributed by atoms with Gasteiger partial charge in [-0.15, -0.1) is 0 Å². The van der Waals surface area contributed by atoms with Crippen molar-refractivity contribution in [2.24, 2.45) is 7.05 Å². The molecule has 0 unspecified atom stereocenters. The average molecular weight is 473 g/mol. The molecule has 0 bridgehead atoms. The van der Waals surface area contributed by atoms with Gasteiger partial charge in [-0.3, -0.25) is 23.9 Å². The van der Waals surface area contributed by atoms with Crippen molar-refractivity contribution in [2.45, 2.75) is 25.7 Å². The van der Waals surface area contributed by atoms with Crippen LogP contribution in [0.4, 0.5) is 5.69 Å². The molecule has 9 heteroatoms. The zero-order valence-electron chi connectivity index (χ0n) is 19.9. The number of hydrogen-bond acceptors (Lipinski definition) is 6. The highest BCUT2D eigenvalue weighted by atomic mass is 16.1. The van der Waals surface area contributed by atoms with Gasteiger partial charge in [-0.2, -0.15) is 0 Å². The van der Waals surface area contributed by atoms with Crippen LogP contribution in [0.25, 0.3) is 22.3 Å². The van der Waals surface area contributed by atoms with Gasteiger partial charge >= 0.3 is 0 Å². The van der Waals surface area contributed by atoms with Crippen LogP contribution in [0.3, 0.4) is 0 Å². The van der Waals surface area contributed by atoms with E-state index in [0.29, 0.717) is 46.7 Å². The Kier molecular flexibility index (Phi) is 6.08. The van der Waals surface area contributed by atoms with Crippen LogP contribution in [0, 0.1) is 0 Å². The van der Waals surface area contributed by atoms with E-state index in [1.165, 1.54) is 26.6 Å². The second-order valence-corrected chi connectivity index (χ2v) is 8.88. The minimum atomic E-state index is -0.196. The first kappa shape index (κ1) is 22.8. The van der Waals surface area contributed by atoms with Crippen LogP contribution in [0.2, 0.25) is 0 Å². The van der Waals surface area contributed by atoms with Gasteiger partial charge in [0, 0.05) is 67.3 Å². The molecule has 9 nitrogen and oxygen atoms in total. The summed E-state index contributed by atoms with van der Waals surface area (Å²) in [6.45, 7) is 1.27. The molecule has 4 aromatic rings. The maximum absolute atomic E-state index is 13.5. The van der Waals surface area contributed by atoms with Crippen molar-refractivity contribution in [3.63, 3.8) is 0 Å². The number of pyridine rings is 2. The van der Waals surface area contributed by atoms with E-state index in [1.54, 1.807) is 31.7 Å². The van der Waals surface area contributed by atoms with E-state index < -0.39 is 0 Å². The third-order valence-electron chi connectivity index (χ3n) is 6.67. The quantitative estimate of drug-likeness (QED) is 0.316. The van der Waals surface area contributed by atoms with Crippen LogP contribution in [0.5, 0.6) is 0 Å². The van der Waals surface area contributed by atoms with Crippen molar-refractivity contribution in [2.75, 3.05) is 25.5 Å². The molecule has 1 aliphatic rings. The summed E-state index contributed by atoms with van der Waals surface area (Å²) >= 11 is 0. The zero-order valence-corrected chi connectivity index (χ0v) is 19.9. The molecule has 1 aliphatic carbocycles. The SMILES string of the molecule is CNCCNc1cc(-c2cncc(-n3ccn4c5c(cc4c3=O)CCCC5)c2C=O)cn(C)c1=O. The van der Waals surface area contributed by atoms with Gasteiger partial charge in [0.05, 0.1) is 11.9 Å². The van der Waals surface area contributed by atoms with Crippen molar-refractivity contribution in [3.05, 3.63) is 80.6 Å². The number of carbonyl (C=O) groups is 1. The van der Waals surface area contributed by atoms with E-state index in [1.807, 2.05) is 23.7 Å². The largest absolute Gasteiger partial charge is 0.379 e. The molecular weight excluding hydrogens is 444 g/mol. The molecule has 0 amide bonds. The van der Waals surface area contributed by atoms with Crippen LogP contribution in [-0.2, 0) is 19.9 Å². The summed E-state index contributed by atoms with van der Waals surface area (Å²) in [5, 5.41) is 6.17. The number of nitrogens with zero attached hydrogens (tertiary/aromatic N) is 4. The third kappa shape index (κ3) is 3.97. The van der Waals surface area contributed by atoms with Crippen LogP contribution in [0.15, 0.2) is 52.7 Å². The lowest BCUT2D eigenvalue weighted by Crippen LogP contribution is -2.25. The Morgan fingerprint density at radius 3 is 2.69 bits per heavy atom. The predicted molar refractivity (Wildman–Crippen MR) is 136 cm³/mol. The van der Waals surface area contributed by atoms with Gasteiger partial charge in [0.1, 0.15) is 11.2 Å². The van der Waals surface area contributed by atoms with E-state index in [4.69, 9.17) is 0 Å². The maximum Gasteiger partial charge on any atom is 0.279 e. The van der Waals surface area contributed by atoms with Crippen molar-refractivity contribution >= 4 is 17.5 Å². The number of aromatic nitrogens is 4. The molecule has 0 saturated carbocycles. The standard InChI is InChI=1S/C26H28N6O3/c1-27-7-8-29-21-11-18(15-30(2)25(21)34)19-13-28-14-24(20(19)16-33)32-10-9-31-22-6-4-3-5-17(22)12-23(31)26(32)35/h9-16,27,29H,3-8H2,1-2H3. The molecule has 0 fully saturated rings. The summed E-state index contributed by atoms with van der Waals surface area (Å²) in [4.78, 5) is 42.8. The minimum Gasteiger partial charge on any atom is -0.379 e. The Morgan fingerprint density at radius 1 is 1.06 bits per heavy atom. The average Bonchev–Trinajstić information content (AvgIpc) is 3.26. The van der Waals surface area contributed by atoms with E-state index in [0.717, 1.165) is 32.0 Å². The van der Waals surface area contributed by atoms with Gasteiger partial charge in [0.2, 0.25) is 0 Å². The molecule has 4 aromatic heterocycles. The lowest BCUT2D eigenvalue weighted by Gasteiger charge is -2.15. The number of aryl methyl sites for hydroxylation is 3. The number of likely N-dealkylation sites (N-methyl/N-ethyl adjacent to an activating group) is 1. The normalized spacial score (nSPS) is 13.1. The maximum atomic E-state index is 13.5. The Bertz CT molecular complexity index is 1550. The summed E-state index contributed by atoms with van der Waals surface area (Å²) in [5.74, 6) is 0. The highest BCUT2D eigenvalue weighted by Gasteiger charge is 2.19. The van der Waals surface area contributed by atoms with Crippen molar-refractivity contribution in [3.8, 4) is 16.8 Å². The molecular formula is C26H28N6O3. The molecule has 0 aliphatic heterocycles. The first-order valence-electron chi connectivity index (χ1n) is 11.8.